The second kappa shape index (κ2) is 10.5. The number of carboxylic acids is 1. The highest BCUT2D eigenvalue weighted by molar-refractivity contribution is 5.91. The van der Waals surface area contributed by atoms with Crippen molar-refractivity contribution in [1.82, 2.24) is 10.3 Å². The number of nitrogens with zero attached hydrogens (tertiary/aromatic N) is 4. The van der Waals surface area contributed by atoms with Crippen molar-refractivity contribution in [2.45, 2.75) is 31.2 Å². The number of hydrogen-bond donors (Lipinski definition) is 6. The van der Waals surface area contributed by atoms with Crippen molar-refractivity contribution in [3.63, 3.8) is 0 Å². The average molecular weight is 528 g/mol. The molecule has 0 radical (unpaired) electrons. The summed E-state index contributed by atoms with van der Waals surface area (Å²) in [5.41, 5.74) is 3.80. The highest BCUT2D eigenvalue weighted by atomic mass is 19.1. The van der Waals surface area contributed by atoms with Crippen molar-refractivity contribution in [1.29, 1.82) is 0 Å². The van der Waals surface area contributed by atoms with Crippen molar-refractivity contribution in [2.24, 2.45) is 5.10 Å². The van der Waals surface area contributed by atoms with Crippen molar-refractivity contribution < 1.29 is 34.7 Å². The number of anilines is 2. The molecule has 0 bridgehead atoms. The van der Waals surface area contributed by atoms with Gasteiger partial charge in [-0.15, -0.1) is 0 Å². The molecule has 2 heterocycles. The number of aliphatic hydroxyl groups is 2. The Morgan fingerprint density at radius 2 is 1.82 bits per heavy atom. The number of halogens is 1. The van der Waals surface area contributed by atoms with Crippen LogP contribution in [0, 0.1) is 5.82 Å². The first-order chi connectivity index (χ1) is 18.2. The number of β-amino-alcohol motifs (C(OH)–C–C–N with tert-alkyl or cyclic N) is 1. The Morgan fingerprint density at radius 1 is 1.13 bits per heavy atom. The quantitative estimate of drug-likeness (QED) is 0.168. The number of carboxylic acid groups (broad SMARTS) is 1. The minimum atomic E-state index is -1.40. The van der Waals surface area contributed by atoms with E-state index >= 15 is 4.39 Å². The average Bonchev–Trinajstić information content (AvgIpc) is 3.72. The van der Waals surface area contributed by atoms with E-state index in [1.165, 1.54) is 36.7 Å². The first-order valence-corrected chi connectivity index (χ1v) is 12.4. The number of carbonyl (C=O) groups is 1. The van der Waals surface area contributed by atoms with Crippen molar-refractivity contribution in [3.05, 3.63) is 59.0 Å². The zero-order valence-corrected chi connectivity index (χ0v) is 20.5. The summed E-state index contributed by atoms with van der Waals surface area (Å²) in [6, 6.07) is 7.39. The molecule has 5 rings (SSSR count). The fourth-order valence-electron chi connectivity index (χ4n) is 4.85. The number of aliphatic carboxylic acids is 1. The van der Waals surface area contributed by atoms with Crippen LogP contribution in [0.3, 0.4) is 0 Å². The molecule has 0 spiro atoms. The van der Waals surface area contributed by atoms with Crippen LogP contribution in [0.4, 0.5) is 15.8 Å². The van der Waals surface area contributed by atoms with Crippen LogP contribution in [-0.2, 0) is 4.79 Å². The lowest BCUT2D eigenvalue weighted by atomic mass is 9.95. The molecule has 38 heavy (non-hydrogen) atoms. The Balaban J connectivity index is 1.21. The minimum absolute atomic E-state index is 0.135. The first-order valence-electron chi connectivity index (χ1n) is 12.4. The van der Waals surface area contributed by atoms with Crippen LogP contribution in [0.15, 0.2) is 47.2 Å². The zero-order valence-electron chi connectivity index (χ0n) is 20.5. The molecule has 2 fully saturated rings. The number of benzene rings is 2. The number of nitrogens with one attached hydrogen (secondary N) is 1. The van der Waals surface area contributed by atoms with Gasteiger partial charge in [-0.25, -0.2) is 9.18 Å². The highest BCUT2D eigenvalue weighted by Gasteiger charge is 2.38. The number of rotatable bonds is 8. The molecule has 1 saturated carbocycles. The predicted octanol–water partition coefficient (Wildman–Crippen LogP) is 1.29. The highest BCUT2D eigenvalue weighted by Crippen LogP contribution is 2.44. The number of aliphatic hydroxyl groups excluding tert-OH is 2. The third-order valence-electron chi connectivity index (χ3n) is 7.05. The number of fused-ring (bicyclic) bond motifs is 1. The molecule has 2 atom stereocenters. The summed E-state index contributed by atoms with van der Waals surface area (Å²) < 4.78 is 15.2. The van der Waals surface area contributed by atoms with Crippen LogP contribution in [-0.4, -0.2) is 87.6 Å². The van der Waals surface area contributed by atoms with Gasteiger partial charge in [0.25, 0.3) is 0 Å². The number of phenolic OH excluding ortho intramolecular Hbond substituents is 2. The smallest absolute Gasteiger partial charge is 0.336 e. The number of aromatic hydroxyl groups is 2. The standard InChI is InChI=1S/C26H30FN5O6/c27-19-10-16-20(32(15-4-5-15)13-18(25(16)36)26(37)38)11-21(19)31-8-6-30(7-9-31)14-24(35)29-28-12-17-22(33)2-1-3-23(17)34/h1-3,10-13,15,24-25,29,33-36H,4-9,14H2,(H,37,38)/b28-12+. The summed E-state index contributed by atoms with van der Waals surface area (Å²) >= 11 is 0. The lowest BCUT2D eigenvalue weighted by Gasteiger charge is -2.38. The maximum atomic E-state index is 15.2. The number of hydrogen-bond acceptors (Lipinski definition) is 10. The van der Waals surface area contributed by atoms with Crippen LogP contribution in [0.1, 0.15) is 30.1 Å². The molecule has 0 amide bonds. The lowest BCUT2D eigenvalue weighted by Crippen LogP contribution is -2.50. The molecule has 6 N–H and O–H groups in total. The normalized spacial score (nSPS) is 20.8. The molecule has 2 aromatic rings. The van der Waals surface area contributed by atoms with Gasteiger partial charge < -0.3 is 35.3 Å². The Labute approximate surface area is 218 Å². The first kappa shape index (κ1) is 25.8. The Bertz CT molecular complexity index is 1250. The van der Waals surface area contributed by atoms with Gasteiger partial charge in [-0.1, -0.05) is 6.07 Å². The summed E-state index contributed by atoms with van der Waals surface area (Å²) in [4.78, 5) is 17.3. The second-order valence-corrected chi connectivity index (χ2v) is 9.69. The Hall–Kier alpha value is -3.87. The molecule has 1 saturated heterocycles. The predicted molar refractivity (Wildman–Crippen MR) is 138 cm³/mol. The Kier molecular flexibility index (Phi) is 7.11. The van der Waals surface area contributed by atoms with Gasteiger partial charge >= 0.3 is 5.97 Å². The van der Waals surface area contributed by atoms with Crippen molar-refractivity contribution in [3.8, 4) is 11.5 Å². The van der Waals surface area contributed by atoms with E-state index in [0.717, 1.165) is 12.8 Å². The number of piperazine rings is 1. The van der Waals surface area contributed by atoms with Crippen molar-refractivity contribution >= 4 is 23.6 Å². The van der Waals surface area contributed by atoms with Gasteiger partial charge in [0.15, 0.2) is 6.23 Å². The molecule has 202 valence electrons. The SMILES string of the molecule is O=C(O)C1=CN(C2CC2)c2cc(N3CCN(CC(O)N/N=C/c4c(O)cccc4O)CC3)c(F)cc2C1O. The monoisotopic (exact) mass is 527 g/mol. The van der Waals surface area contributed by atoms with Gasteiger partial charge in [-0.3, -0.25) is 10.3 Å². The van der Waals surface area contributed by atoms with E-state index in [4.69, 9.17) is 0 Å². The van der Waals surface area contributed by atoms with E-state index in [9.17, 15) is 30.3 Å². The molecule has 0 aromatic heterocycles. The van der Waals surface area contributed by atoms with Gasteiger partial charge in [0, 0.05) is 56.2 Å². The van der Waals surface area contributed by atoms with Gasteiger partial charge in [0.1, 0.15) is 23.4 Å². The third-order valence-corrected chi connectivity index (χ3v) is 7.05. The van der Waals surface area contributed by atoms with Crippen LogP contribution in [0.5, 0.6) is 11.5 Å². The number of hydrazone groups is 1. The van der Waals surface area contributed by atoms with E-state index in [2.05, 4.69) is 10.5 Å². The van der Waals surface area contributed by atoms with Crippen molar-refractivity contribution in [2.75, 3.05) is 42.5 Å². The van der Waals surface area contributed by atoms with Gasteiger partial charge in [0.05, 0.1) is 23.0 Å². The van der Waals surface area contributed by atoms with Crippen LogP contribution in [0.2, 0.25) is 0 Å². The lowest BCUT2D eigenvalue weighted by molar-refractivity contribution is -0.133. The molecule has 2 unspecified atom stereocenters. The molecular formula is C26H30FN5O6. The van der Waals surface area contributed by atoms with Crippen LogP contribution in [0.25, 0.3) is 0 Å². The fraction of sp³-hybridized carbons (Fsp3) is 0.385. The summed E-state index contributed by atoms with van der Waals surface area (Å²) in [5.74, 6) is -2.03. The van der Waals surface area contributed by atoms with Gasteiger partial charge in [-0.2, -0.15) is 5.10 Å². The summed E-state index contributed by atoms with van der Waals surface area (Å²) in [5, 5.41) is 53.8. The van der Waals surface area contributed by atoms with Gasteiger partial charge in [-0.05, 0) is 37.1 Å². The van der Waals surface area contributed by atoms with E-state index in [-0.39, 0.29) is 40.8 Å². The molecule has 11 nitrogen and oxygen atoms in total. The molecule has 1 aliphatic carbocycles. The minimum Gasteiger partial charge on any atom is -0.507 e. The summed E-state index contributed by atoms with van der Waals surface area (Å²) in [6.45, 7) is 2.36. The molecular weight excluding hydrogens is 497 g/mol. The second-order valence-electron chi connectivity index (χ2n) is 9.69. The van der Waals surface area contributed by atoms with E-state index in [1.807, 2.05) is 14.7 Å². The van der Waals surface area contributed by atoms with Crippen LogP contribution >= 0.6 is 0 Å². The molecule has 2 aliphatic heterocycles. The van der Waals surface area contributed by atoms with Crippen LogP contribution < -0.4 is 15.2 Å². The maximum Gasteiger partial charge on any atom is 0.336 e. The topological polar surface area (TPSA) is 152 Å². The van der Waals surface area contributed by atoms with E-state index in [1.54, 1.807) is 6.07 Å². The summed E-state index contributed by atoms with van der Waals surface area (Å²) in [7, 11) is 0. The summed E-state index contributed by atoms with van der Waals surface area (Å²) in [6.07, 6.45) is 2.08. The van der Waals surface area contributed by atoms with E-state index < -0.39 is 24.1 Å². The Morgan fingerprint density at radius 3 is 2.45 bits per heavy atom. The maximum absolute atomic E-state index is 15.2. The largest absolute Gasteiger partial charge is 0.507 e. The molecule has 3 aliphatic rings. The number of phenols is 2. The third kappa shape index (κ3) is 5.23. The zero-order chi connectivity index (χ0) is 27.0. The van der Waals surface area contributed by atoms with Gasteiger partial charge in [0.2, 0.25) is 0 Å². The van der Waals surface area contributed by atoms with E-state index in [0.29, 0.717) is 37.6 Å². The molecule has 2 aromatic carbocycles. The fourth-order valence-corrected chi connectivity index (χ4v) is 4.85. The molecule has 12 heteroatoms.